The van der Waals surface area contributed by atoms with Crippen molar-refractivity contribution in [3.63, 3.8) is 0 Å². The molecule has 0 spiro atoms. The highest BCUT2D eigenvalue weighted by molar-refractivity contribution is 6.09. The molecule has 132 valence electrons. The van der Waals surface area contributed by atoms with Gasteiger partial charge in [-0.15, -0.1) is 0 Å². The summed E-state index contributed by atoms with van der Waals surface area (Å²) >= 11 is 0. The van der Waals surface area contributed by atoms with Gasteiger partial charge < -0.3 is 15.6 Å². The van der Waals surface area contributed by atoms with Crippen molar-refractivity contribution < 1.29 is 9.18 Å². The zero-order valence-electron chi connectivity index (χ0n) is 14.0. The number of aromatic nitrogens is 1. The van der Waals surface area contributed by atoms with E-state index in [9.17, 15) is 14.4 Å². The second-order valence-electron chi connectivity index (χ2n) is 5.87. The summed E-state index contributed by atoms with van der Waals surface area (Å²) in [6.45, 7) is 1.45. The second-order valence-corrected chi connectivity index (χ2v) is 5.87. The van der Waals surface area contributed by atoms with Crippen LogP contribution in [0.3, 0.4) is 0 Å². The van der Waals surface area contributed by atoms with Gasteiger partial charge in [0.25, 0.3) is 0 Å². The Hall–Kier alpha value is -3.17. The summed E-state index contributed by atoms with van der Waals surface area (Å²) in [6.07, 6.45) is 5.00. The number of piperidine rings is 1. The molecule has 0 bridgehead atoms. The van der Waals surface area contributed by atoms with Crippen molar-refractivity contribution in [1.29, 1.82) is 0 Å². The number of anilines is 2. The Kier molecular flexibility index (Phi) is 5.62. The number of carbonyl (C=O) groups is 1. The number of benzene rings is 1. The predicted molar refractivity (Wildman–Crippen MR) is 99.3 cm³/mol. The molecule has 0 radical (unpaired) electrons. The zero-order valence-corrected chi connectivity index (χ0v) is 14.0. The molecule has 0 atom stereocenters. The molecule has 3 rings (SSSR count). The van der Waals surface area contributed by atoms with E-state index in [2.05, 4.69) is 21.7 Å². The third-order valence-electron chi connectivity index (χ3n) is 4.17. The monoisotopic (exact) mass is 350 g/mol. The third kappa shape index (κ3) is 4.26. The fourth-order valence-corrected chi connectivity index (χ4v) is 2.76. The van der Waals surface area contributed by atoms with Gasteiger partial charge in [-0.3, -0.25) is 4.79 Å². The van der Waals surface area contributed by atoms with Crippen LogP contribution in [0, 0.1) is 22.9 Å². The van der Waals surface area contributed by atoms with Gasteiger partial charge in [0.2, 0.25) is 5.78 Å². The van der Waals surface area contributed by atoms with Gasteiger partial charge in [-0.05, 0) is 61.2 Å². The number of nitrogens with zero attached hydrogens (tertiary/aromatic N) is 2. The molecule has 26 heavy (non-hydrogen) atoms. The lowest BCUT2D eigenvalue weighted by Gasteiger charge is -2.31. The van der Waals surface area contributed by atoms with Gasteiger partial charge in [0.05, 0.1) is 5.69 Å². The van der Waals surface area contributed by atoms with Crippen molar-refractivity contribution in [3.8, 4) is 11.8 Å². The van der Waals surface area contributed by atoms with Gasteiger partial charge in [0.1, 0.15) is 5.82 Å². The molecule has 0 saturated carbocycles. The molecule has 6 heteroatoms. The first-order valence-electron chi connectivity index (χ1n) is 8.25. The smallest absolute Gasteiger partial charge is 0.236 e. The number of nitrogens with one attached hydrogen (secondary N) is 1. The van der Waals surface area contributed by atoms with Gasteiger partial charge in [0, 0.05) is 24.8 Å². The predicted octanol–water partition coefficient (Wildman–Crippen LogP) is 3.54. The molecule has 2 heterocycles. The van der Waals surface area contributed by atoms with Gasteiger partial charge in [0.15, 0.2) is 5.82 Å². The lowest BCUT2D eigenvalue weighted by atomic mass is 10.0. The minimum atomic E-state index is -0.383. The molecular weight excluding hydrogens is 333 g/mol. The van der Waals surface area contributed by atoms with Gasteiger partial charge in [-0.25, -0.2) is 9.37 Å². The summed E-state index contributed by atoms with van der Waals surface area (Å²) in [5.74, 6) is 5.29. The molecule has 1 aliphatic heterocycles. The number of pyridine rings is 1. The van der Waals surface area contributed by atoms with E-state index in [4.69, 9.17) is 0 Å². The highest BCUT2D eigenvalue weighted by Gasteiger charge is 2.16. The van der Waals surface area contributed by atoms with E-state index >= 15 is 0 Å². The molecule has 0 aliphatic carbocycles. The minimum absolute atomic E-state index is 0.334. The first-order chi connectivity index (χ1) is 12.7. The van der Waals surface area contributed by atoms with Crippen LogP contribution in [0.15, 0.2) is 54.2 Å². The Bertz CT molecular complexity index is 872. The van der Waals surface area contributed by atoms with Crippen molar-refractivity contribution in [3.05, 3.63) is 70.8 Å². The lowest BCUT2D eigenvalue weighted by Crippen LogP contribution is -2.31. The molecule has 2 aromatic rings. The van der Waals surface area contributed by atoms with Gasteiger partial charge in [-0.1, -0.05) is 11.5 Å². The zero-order chi connectivity index (χ0) is 18.4. The first-order valence-corrected chi connectivity index (χ1v) is 8.25. The average molecular weight is 350 g/mol. The number of carbonyl (C=O) groups excluding carboxylic acids is 1. The Morgan fingerprint density at radius 3 is 2.65 bits per heavy atom. The van der Waals surface area contributed by atoms with Crippen molar-refractivity contribution >= 4 is 17.3 Å². The topological polar surface area (TPSA) is 68.3 Å². The SMILES string of the molecule is O=C(C#CC=C1CCN(c2ncccc2N[O-])CC1)c1ccc(F)cc1. The third-order valence-corrected chi connectivity index (χ3v) is 4.17. The highest BCUT2D eigenvalue weighted by Crippen LogP contribution is 2.26. The van der Waals surface area contributed by atoms with E-state index in [1.165, 1.54) is 24.3 Å². The molecule has 1 aliphatic rings. The summed E-state index contributed by atoms with van der Waals surface area (Å²) in [5.41, 5.74) is 3.90. The van der Waals surface area contributed by atoms with Crippen LogP contribution in [-0.2, 0) is 0 Å². The Morgan fingerprint density at radius 2 is 1.96 bits per heavy atom. The Morgan fingerprint density at radius 1 is 1.23 bits per heavy atom. The van der Waals surface area contributed by atoms with E-state index in [0.29, 0.717) is 17.1 Å². The fourth-order valence-electron chi connectivity index (χ4n) is 2.76. The molecule has 5 nitrogen and oxygen atoms in total. The maximum Gasteiger partial charge on any atom is 0.236 e. The number of halogens is 1. The van der Waals surface area contributed by atoms with Crippen molar-refractivity contribution in [2.24, 2.45) is 0 Å². The van der Waals surface area contributed by atoms with Crippen LogP contribution >= 0.6 is 0 Å². The molecule has 1 aromatic heterocycles. The molecule has 0 unspecified atom stereocenters. The van der Waals surface area contributed by atoms with Crippen LogP contribution in [0.25, 0.3) is 0 Å². The Labute approximate surface area is 151 Å². The summed E-state index contributed by atoms with van der Waals surface area (Å²) in [4.78, 5) is 18.2. The molecule has 1 saturated heterocycles. The highest BCUT2D eigenvalue weighted by atomic mass is 19.1. The van der Waals surface area contributed by atoms with Crippen LogP contribution in [0.4, 0.5) is 15.9 Å². The summed E-state index contributed by atoms with van der Waals surface area (Å²) < 4.78 is 12.9. The van der Waals surface area contributed by atoms with Crippen molar-refractivity contribution in [1.82, 2.24) is 4.98 Å². The van der Waals surface area contributed by atoms with E-state index in [0.717, 1.165) is 31.5 Å². The average Bonchev–Trinajstić information content (AvgIpc) is 2.69. The molecule has 1 N–H and O–H groups in total. The molecule has 0 amide bonds. The fraction of sp³-hybridized carbons (Fsp3) is 0.200. The van der Waals surface area contributed by atoms with Crippen LogP contribution in [0.5, 0.6) is 0 Å². The molecule has 1 aromatic carbocycles. The standard InChI is InChI=1S/C20H17FN3O2/c21-17-8-6-16(7-9-17)19(25)5-1-3-15-10-13-24(14-11-15)20-18(23-26)4-2-12-22-20/h2-4,6-9,12,23H,10-11,13-14H2/q-1. The van der Waals surface area contributed by atoms with E-state index in [-0.39, 0.29) is 11.6 Å². The van der Waals surface area contributed by atoms with E-state index in [1.807, 2.05) is 5.48 Å². The summed E-state index contributed by atoms with van der Waals surface area (Å²) in [5, 5.41) is 11.0. The van der Waals surface area contributed by atoms with Crippen molar-refractivity contribution in [2.75, 3.05) is 23.5 Å². The number of hydrogen-bond donors (Lipinski definition) is 1. The molecular formula is C20H17FN3O2-. The maximum absolute atomic E-state index is 12.9. The van der Waals surface area contributed by atoms with Gasteiger partial charge in [-0.2, -0.15) is 0 Å². The van der Waals surface area contributed by atoms with Crippen LogP contribution in [0.1, 0.15) is 23.2 Å². The van der Waals surface area contributed by atoms with Crippen LogP contribution in [-0.4, -0.2) is 23.9 Å². The van der Waals surface area contributed by atoms with Crippen LogP contribution < -0.4 is 10.4 Å². The molecule has 1 fully saturated rings. The largest absolute Gasteiger partial charge is 0.761 e. The van der Waals surface area contributed by atoms with E-state index in [1.54, 1.807) is 24.4 Å². The number of allylic oxidation sites excluding steroid dienone is 1. The number of rotatable bonds is 3. The number of Topliss-reactive ketones (excluding diaryl/α,β-unsaturated/α-hetero) is 1. The normalized spacial score (nSPS) is 13.6. The second kappa shape index (κ2) is 8.28. The summed E-state index contributed by atoms with van der Waals surface area (Å²) in [7, 11) is 0. The maximum atomic E-state index is 12.9. The van der Waals surface area contributed by atoms with Gasteiger partial charge >= 0.3 is 0 Å². The Balaban J connectivity index is 1.60. The lowest BCUT2D eigenvalue weighted by molar-refractivity contribution is 0.105. The summed E-state index contributed by atoms with van der Waals surface area (Å²) in [6, 6.07) is 8.75. The number of hydrogen-bond acceptors (Lipinski definition) is 5. The number of ketones is 1. The quantitative estimate of drug-likeness (QED) is 0.397. The van der Waals surface area contributed by atoms with Crippen LogP contribution in [0.2, 0.25) is 0 Å². The van der Waals surface area contributed by atoms with Crippen molar-refractivity contribution in [2.45, 2.75) is 12.8 Å². The van der Waals surface area contributed by atoms with E-state index < -0.39 is 0 Å². The minimum Gasteiger partial charge on any atom is -0.761 e. The first kappa shape index (κ1) is 17.6.